The number of rotatable bonds is 5. The summed E-state index contributed by atoms with van der Waals surface area (Å²) in [5.41, 5.74) is 0. The molecular formula is C16H20N4O4S3. The number of thiazole rings is 1. The number of hydrogen-bond donors (Lipinski definition) is 1. The van der Waals surface area contributed by atoms with Gasteiger partial charge in [-0.25, -0.2) is 13.4 Å². The van der Waals surface area contributed by atoms with E-state index in [0.29, 0.717) is 41.9 Å². The molecule has 2 amide bonds. The van der Waals surface area contributed by atoms with Gasteiger partial charge in [0.2, 0.25) is 11.8 Å². The molecule has 146 valence electrons. The minimum Gasteiger partial charge on any atom is -0.340 e. The third kappa shape index (κ3) is 4.72. The maximum absolute atomic E-state index is 12.8. The standard InChI is InChI=1S/C16H20N4O4S3/c1-11(21)18-16-17-10-14(26-16)9-13-3-4-15(25-13)27(23,24)20-7-5-19(6-8-20)12(2)22/h3-4,10H,5-9H2,1-2H3,(H,17,18,21). The van der Waals surface area contributed by atoms with E-state index in [0.717, 1.165) is 9.75 Å². The second kappa shape index (κ2) is 8.05. The van der Waals surface area contributed by atoms with Crippen LogP contribution < -0.4 is 5.32 Å². The minimum absolute atomic E-state index is 0.0337. The number of nitrogens with zero attached hydrogens (tertiary/aromatic N) is 3. The molecule has 2 aromatic rings. The van der Waals surface area contributed by atoms with E-state index in [1.54, 1.807) is 23.2 Å². The Balaban J connectivity index is 1.67. The number of anilines is 1. The molecule has 0 atom stereocenters. The fourth-order valence-corrected chi connectivity index (χ4v) is 6.66. The van der Waals surface area contributed by atoms with Crippen molar-refractivity contribution < 1.29 is 18.0 Å². The molecule has 2 aromatic heterocycles. The van der Waals surface area contributed by atoms with Gasteiger partial charge in [-0.3, -0.25) is 9.59 Å². The summed E-state index contributed by atoms with van der Waals surface area (Å²) < 4.78 is 27.4. The van der Waals surface area contributed by atoms with Crippen molar-refractivity contribution in [1.82, 2.24) is 14.2 Å². The number of thiophene rings is 1. The molecule has 0 spiro atoms. The van der Waals surface area contributed by atoms with Gasteiger partial charge >= 0.3 is 0 Å². The van der Waals surface area contributed by atoms with Crippen molar-refractivity contribution in [1.29, 1.82) is 0 Å². The van der Waals surface area contributed by atoms with E-state index in [2.05, 4.69) is 10.3 Å². The van der Waals surface area contributed by atoms with Gasteiger partial charge in [0, 0.05) is 62.4 Å². The molecule has 27 heavy (non-hydrogen) atoms. The number of carbonyl (C=O) groups excluding carboxylic acids is 2. The molecule has 3 heterocycles. The lowest BCUT2D eigenvalue weighted by atomic mass is 10.3. The van der Waals surface area contributed by atoms with E-state index in [9.17, 15) is 18.0 Å². The van der Waals surface area contributed by atoms with Crippen LogP contribution >= 0.6 is 22.7 Å². The molecule has 8 nitrogen and oxygen atoms in total. The van der Waals surface area contributed by atoms with Crippen molar-refractivity contribution in [3.63, 3.8) is 0 Å². The van der Waals surface area contributed by atoms with E-state index < -0.39 is 10.0 Å². The van der Waals surface area contributed by atoms with Crippen LogP contribution in [-0.4, -0.2) is 60.6 Å². The first-order valence-corrected chi connectivity index (χ1v) is 11.4. The van der Waals surface area contributed by atoms with Crippen LogP contribution in [0.3, 0.4) is 0 Å². The number of sulfonamides is 1. The fourth-order valence-electron chi connectivity index (χ4n) is 2.73. The number of hydrogen-bond acceptors (Lipinski definition) is 7. The quantitative estimate of drug-likeness (QED) is 0.780. The van der Waals surface area contributed by atoms with Crippen molar-refractivity contribution in [3.05, 3.63) is 28.1 Å². The molecule has 1 aliphatic rings. The van der Waals surface area contributed by atoms with Crippen LogP contribution in [0.5, 0.6) is 0 Å². The topological polar surface area (TPSA) is 99.7 Å². The molecule has 1 N–H and O–H groups in total. The van der Waals surface area contributed by atoms with E-state index in [1.807, 2.05) is 0 Å². The Morgan fingerprint density at radius 3 is 2.44 bits per heavy atom. The average molecular weight is 429 g/mol. The molecule has 11 heteroatoms. The van der Waals surface area contributed by atoms with Gasteiger partial charge in [0.05, 0.1) is 0 Å². The molecule has 0 aliphatic carbocycles. The van der Waals surface area contributed by atoms with E-state index >= 15 is 0 Å². The number of piperazine rings is 1. The second-order valence-corrected chi connectivity index (χ2v) is 10.6. The van der Waals surface area contributed by atoms with Gasteiger partial charge < -0.3 is 10.2 Å². The first-order chi connectivity index (χ1) is 12.8. The van der Waals surface area contributed by atoms with Gasteiger partial charge in [0.25, 0.3) is 10.0 Å². The molecule has 0 radical (unpaired) electrons. The summed E-state index contributed by atoms with van der Waals surface area (Å²) in [6.07, 6.45) is 2.25. The van der Waals surface area contributed by atoms with E-state index in [1.165, 1.54) is 40.8 Å². The van der Waals surface area contributed by atoms with E-state index in [4.69, 9.17) is 0 Å². The lowest BCUT2D eigenvalue weighted by Crippen LogP contribution is -2.49. The smallest absolute Gasteiger partial charge is 0.252 e. The predicted octanol–water partition coefficient (Wildman–Crippen LogP) is 1.61. The molecule has 0 aromatic carbocycles. The zero-order chi connectivity index (χ0) is 19.6. The van der Waals surface area contributed by atoms with E-state index in [-0.39, 0.29) is 11.8 Å². The molecule has 3 rings (SSSR count). The first kappa shape index (κ1) is 19.9. The Bertz CT molecular complexity index is 943. The lowest BCUT2D eigenvalue weighted by Gasteiger charge is -2.33. The number of aromatic nitrogens is 1. The van der Waals surface area contributed by atoms with Crippen LogP contribution in [0, 0.1) is 0 Å². The van der Waals surface area contributed by atoms with Crippen molar-refractivity contribution >= 4 is 49.6 Å². The van der Waals surface area contributed by atoms with Crippen LogP contribution in [0.4, 0.5) is 5.13 Å². The monoisotopic (exact) mass is 428 g/mol. The van der Waals surface area contributed by atoms with Gasteiger partial charge in [0.1, 0.15) is 4.21 Å². The predicted molar refractivity (Wildman–Crippen MR) is 105 cm³/mol. The number of amides is 2. The van der Waals surface area contributed by atoms with Crippen molar-refractivity contribution in [2.24, 2.45) is 0 Å². The summed E-state index contributed by atoms with van der Waals surface area (Å²) in [6.45, 7) is 4.37. The van der Waals surface area contributed by atoms with Crippen LogP contribution in [0.25, 0.3) is 0 Å². The van der Waals surface area contributed by atoms with Crippen molar-refractivity contribution in [3.8, 4) is 0 Å². The van der Waals surface area contributed by atoms with Crippen LogP contribution in [-0.2, 0) is 26.0 Å². The Labute approximate surface area is 165 Å². The molecule has 0 bridgehead atoms. The summed E-state index contributed by atoms with van der Waals surface area (Å²) in [5.74, 6) is -0.209. The van der Waals surface area contributed by atoms with Gasteiger partial charge in [-0.05, 0) is 12.1 Å². The van der Waals surface area contributed by atoms with Crippen molar-refractivity contribution in [2.45, 2.75) is 24.5 Å². The SMILES string of the molecule is CC(=O)Nc1ncc(Cc2ccc(S(=O)(=O)N3CCN(C(C)=O)CC3)s2)s1. The number of nitrogens with one attached hydrogen (secondary N) is 1. The average Bonchev–Trinajstić information content (AvgIpc) is 3.25. The summed E-state index contributed by atoms with van der Waals surface area (Å²) in [5, 5.41) is 3.17. The third-order valence-electron chi connectivity index (χ3n) is 4.10. The van der Waals surface area contributed by atoms with Crippen LogP contribution in [0.2, 0.25) is 0 Å². The van der Waals surface area contributed by atoms with Gasteiger partial charge in [0.15, 0.2) is 5.13 Å². The molecule has 1 saturated heterocycles. The van der Waals surface area contributed by atoms with Gasteiger partial charge in [-0.1, -0.05) is 0 Å². The summed E-state index contributed by atoms with van der Waals surface area (Å²) >= 11 is 2.61. The summed E-state index contributed by atoms with van der Waals surface area (Å²) in [4.78, 5) is 30.1. The highest BCUT2D eigenvalue weighted by Crippen LogP contribution is 2.29. The van der Waals surface area contributed by atoms with Gasteiger partial charge in [-0.15, -0.1) is 22.7 Å². The van der Waals surface area contributed by atoms with Crippen LogP contribution in [0.1, 0.15) is 23.6 Å². The lowest BCUT2D eigenvalue weighted by molar-refractivity contribution is -0.130. The maximum Gasteiger partial charge on any atom is 0.252 e. The normalized spacial score (nSPS) is 15.7. The molecule has 1 aliphatic heterocycles. The Kier molecular flexibility index (Phi) is 5.94. The highest BCUT2D eigenvalue weighted by atomic mass is 32.2. The zero-order valence-electron chi connectivity index (χ0n) is 15.0. The Morgan fingerprint density at radius 1 is 1.11 bits per heavy atom. The molecule has 0 unspecified atom stereocenters. The Hall–Kier alpha value is -1.82. The zero-order valence-corrected chi connectivity index (χ0v) is 17.4. The first-order valence-electron chi connectivity index (χ1n) is 8.32. The molecular weight excluding hydrogens is 408 g/mol. The Morgan fingerprint density at radius 2 is 1.81 bits per heavy atom. The fraction of sp³-hybridized carbons (Fsp3) is 0.438. The summed E-state index contributed by atoms with van der Waals surface area (Å²) in [7, 11) is -3.55. The second-order valence-electron chi connectivity index (χ2n) is 6.12. The summed E-state index contributed by atoms with van der Waals surface area (Å²) in [6, 6.07) is 3.43. The number of carbonyl (C=O) groups is 2. The molecule has 1 fully saturated rings. The minimum atomic E-state index is -3.55. The molecule has 0 saturated carbocycles. The maximum atomic E-state index is 12.8. The highest BCUT2D eigenvalue weighted by molar-refractivity contribution is 7.91. The van der Waals surface area contributed by atoms with Crippen LogP contribution in [0.15, 0.2) is 22.5 Å². The van der Waals surface area contributed by atoms with Crippen molar-refractivity contribution in [2.75, 3.05) is 31.5 Å². The largest absolute Gasteiger partial charge is 0.340 e. The highest BCUT2D eigenvalue weighted by Gasteiger charge is 2.30. The third-order valence-corrected chi connectivity index (χ3v) is 8.46. The van der Waals surface area contributed by atoms with Gasteiger partial charge in [-0.2, -0.15) is 4.31 Å².